The summed E-state index contributed by atoms with van der Waals surface area (Å²) in [6, 6.07) is 3.81. The molecule has 0 aliphatic heterocycles. The maximum Gasteiger partial charge on any atom is 0.126 e. The lowest BCUT2D eigenvalue weighted by Gasteiger charge is -2.32. The molecule has 0 aromatic carbocycles. The largest absolute Gasteiger partial charge is 0.397 e. The minimum atomic E-state index is 0.170. The summed E-state index contributed by atoms with van der Waals surface area (Å²) in [5, 5.41) is 3.50. The van der Waals surface area contributed by atoms with Crippen LogP contribution in [0.1, 0.15) is 40.0 Å². The Balaban J connectivity index is 2.78. The summed E-state index contributed by atoms with van der Waals surface area (Å²) in [6.45, 7) is 6.62. The highest BCUT2D eigenvalue weighted by atomic mass is 15.0. The molecule has 15 heavy (non-hydrogen) atoms. The van der Waals surface area contributed by atoms with Crippen LogP contribution in [-0.4, -0.2) is 10.5 Å². The van der Waals surface area contributed by atoms with Gasteiger partial charge in [-0.1, -0.05) is 20.8 Å². The van der Waals surface area contributed by atoms with Crippen molar-refractivity contribution in [3.05, 3.63) is 18.3 Å². The number of nitrogens with one attached hydrogen (secondary N) is 1. The summed E-state index contributed by atoms with van der Waals surface area (Å²) in [7, 11) is 0. The van der Waals surface area contributed by atoms with E-state index in [-0.39, 0.29) is 5.54 Å². The van der Waals surface area contributed by atoms with Crippen molar-refractivity contribution in [3.63, 3.8) is 0 Å². The van der Waals surface area contributed by atoms with E-state index in [1.165, 1.54) is 0 Å². The van der Waals surface area contributed by atoms with E-state index in [9.17, 15) is 0 Å². The quantitative estimate of drug-likeness (QED) is 0.780. The fourth-order valence-corrected chi connectivity index (χ4v) is 1.77. The number of nitrogens with zero attached hydrogens (tertiary/aromatic N) is 1. The molecule has 0 aliphatic carbocycles. The molecule has 0 unspecified atom stereocenters. The molecule has 1 aromatic rings. The van der Waals surface area contributed by atoms with Crippen molar-refractivity contribution in [2.45, 2.75) is 45.6 Å². The molecule has 0 radical (unpaired) electrons. The Morgan fingerprint density at radius 1 is 1.20 bits per heavy atom. The molecular formula is C12H21N3. The van der Waals surface area contributed by atoms with Gasteiger partial charge in [0.15, 0.2) is 0 Å². The molecule has 0 fully saturated rings. The van der Waals surface area contributed by atoms with E-state index >= 15 is 0 Å². The normalized spacial score (nSPS) is 11.4. The van der Waals surface area contributed by atoms with E-state index in [0.29, 0.717) is 5.69 Å². The van der Waals surface area contributed by atoms with Crippen molar-refractivity contribution < 1.29 is 0 Å². The van der Waals surface area contributed by atoms with Crippen molar-refractivity contribution in [1.82, 2.24) is 4.98 Å². The summed E-state index contributed by atoms with van der Waals surface area (Å²) in [4.78, 5) is 4.27. The van der Waals surface area contributed by atoms with Crippen LogP contribution in [0.3, 0.4) is 0 Å². The van der Waals surface area contributed by atoms with Crippen molar-refractivity contribution in [2.75, 3.05) is 11.1 Å². The third-order valence-corrected chi connectivity index (χ3v) is 3.21. The Labute approximate surface area is 92.1 Å². The number of nitrogen functional groups attached to an aromatic ring is 1. The Kier molecular flexibility index (Phi) is 3.95. The van der Waals surface area contributed by atoms with E-state index in [0.717, 1.165) is 25.1 Å². The molecule has 3 nitrogen and oxygen atoms in total. The van der Waals surface area contributed by atoms with Crippen molar-refractivity contribution >= 4 is 11.5 Å². The molecule has 0 atom stereocenters. The van der Waals surface area contributed by atoms with Gasteiger partial charge in [-0.2, -0.15) is 0 Å². The monoisotopic (exact) mass is 207 g/mol. The van der Waals surface area contributed by atoms with Gasteiger partial charge in [-0.25, -0.2) is 4.98 Å². The van der Waals surface area contributed by atoms with Crippen LogP contribution in [-0.2, 0) is 0 Å². The fourth-order valence-electron chi connectivity index (χ4n) is 1.77. The van der Waals surface area contributed by atoms with E-state index in [4.69, 9.17) is 5.73 Å². The van der Waals surface area contributed by atoms with Crippen LogP contribution in [0.15, 0.2) is 18.3 Å². The number of anilines is 2. The highest BCUT2D eigenvalue weighted by molar-refractivity contribution is 5.45. The molecule has 1 rings (SSSR count). The highest BCUT2D eigenvalue weighted by Crippen LogP contribution is 2.24. The first-order valence-corrected chi connectivity index (χ1v) is 5.65. The second-order valence-corrected chi connectivity index (χ2v) is 3.94. The molecule has 3 N–H and O–H groups in total. The van der Waals surface area contributed by atoms with Gasteiger partial charge in [0.05, 0.1) is 11.9 Å². The van der Waals surface area contributed by atoms with Gasteiger partial charge in [0.2, 0.25) is 0 Å². The number of hydrogen-bond acceptors (Lipinski definition) is 3. The van der Waals surface area contributed by atoms with Gasteiger partial charge in [0, 0.05) is 5.54 Å². The molecule has 0 saturated heterocycles. The molecule has 1 aromatic heterocycles. The van der Waals surface area contributed by atoms with Crippen LogP contribution >= 0.6 is 0 Å². The second kappa shape index (κ2) is 5.01. The second-order valence-electron chi connectivity index (χ2n) is 3.94. The summed E-state index contributed by atoms with van der Waals surface area (Å²) in [6.07, 6.45) is 5.00. The van der Waals surface area contributed by atoms with Gasteiger partial charge in [-0.05, 0) is 31.4 Å². The Bertz CT molecular complexity index is 280. The van der Waals surface area contributed by atoms with Gasteiger partial charge in [-0.15, -0.1) is 0 Å². The molecule has 0 saturated carbocycles. The van der Waals surface area contributed by atoms with Crippen molar-refractivity contribution in [2.24, 2.45) is 0 Å². The number of aromatic nitrogens is 1. The minimum Gasteiger partial charge on any atom is -0.397 e. The summed E-state index contributed by atoms with van der Waals surface area (Å²) in [5.41, 5.74) is 6.47. The average molecular weight is 207 g/mol. The third kappa shape index (κ3) is 2.85. The number of rotatable bonds is 5. The van der Waals surface area contributed by atoms with E-state index in [1.54, 1.807) is 6.20 Å². The van der Waals surface area contributed by atoms with Crippen LogP contribution in [0.2, 0.25) is 0 Å². The van der Waals surface area contributed by atoms with E-state index in [2.05, 4.69) is 31.1 Å². The highest BCUT2D eigenvalue weighted by Gasteiger charge is 2.23. The summed E-state index contributed by atoms with van der Waals surface area (Å²) in [5.74, 6) is 0.912. The van der Waals surface area contributed by atoms with Crippen LogP contribution in [0, 0.1) is 0 Å². The molecule has 84 valence electrons. The first-order valence-electron chi connectivity index (χ1n) is 5.65. The van der Waals surface area contributed by atoms with Crippen LogP contribution in [0.25, 0.3) is 0 Å². The standard InChI is InChI=1S/C12H21N3/c1-4-12(5-2,6-3)15-11-8-7-10(13)9-14-11/h7-9H,4-6,13H2,1-3H3,(H,14,15). The summed E-state index contributed by atoms with van der Waals surface area (Å²) >= 11 is 0. The van der Waals surface area contributed by atoms with Gasteiger partial charge in [0.1, 0.15) is 5.82 Å². The smallest absolute Gasteiger partial charge is 0.126 e. The molecule has 0 amide bonds. The predicted molar refractivity (Wildman–Crippen MR) is 65.9 cm³/mol. The van der Waals surface area contributed by atoms with Crippen molar-refractivity contribution in [3.8, 4) is 0 Å². The maximum atomic E-state index is 5.60. The lowest BCUT2D eigenvalue weighted by molar-refractivity contribution is 0.419. The summed E-state index contributed by atoms with van der Waals surface area (Å²) < 4.78 is 0. The van der Waals surface area contributed by atoms with E-state index in [1.807, 2.05) is 12.1 Å². The van der Waals surface area contributed by atoms with Gasteiger partial charge >= 0.3 is 0 Å². The van der Waals surface area contributed by atoms with Crippen LogP contribution < -0.4 is 11.1 Å². The first kappa shape index (κ1) is 11.8. The lowest BCUT2D eigenvalue weighted by atomic mass is 9.90. The third-order valence-electron chi connectivity index (χ3n) is 3.21. The molecule has 0 bridgehead atoms. The molecule has 1 heterocycles. The SMILES string of the molecule is CCC(CC)(CC)Nc1ccc(N)cn1. The average Bonchev–Trinajstić information content (AvgIpc) is 2.29. The fraction of sp³-hybridized carbons (Fsp3) is 0.583. The first-order chi connectivity index (χ1) is 7.15. The van der Waals surface area contributed by atoms with Crippen LogP contribution in [0.4, 0.5) is 11.5 Å². The molecule has 0 aliphatic rings. The lowest BCUT2D eigenvalue weighted by Crippen LogP contribution is -2.36. The topological polar surface area (TPSA) is 50.9 Å². The predicted octanol–water partition coefficient (Wildman–Crippen LogP) is 3.04. The zero-order chi connectivity index (χ0) is 11.3. The van der Waals surface area contributed by atoms with Crippen molar-refractivity contribution in [1.29, 1.82) is 0 Å². The number of nitrogens with two attached hydrogens (primary N) is 1. The van der Waals surface area contributed by atoms with Gasteiger partial charge in [0.25, 0.3) is 0 Å². The van der Waals surface area contributed by atoms with Gasteiger partial charge < -0.3 is 11.1 Å². The molecular weight excluding hydrogens is 186 g/mol. The zero-order valence-corrected chi connectivity index (χ0v) is 9.88. The Morgan fingerprint density at radius 3 is 2.20 bits per heavy atom. The maximum absolute atomic E-state index is 5.60. The zero-order valence-electron chi connectivity index (χ0n) is 9.88. The molecule has 0 spiro atoms. The molecule has 3 heteroatoms. The van der Waals surface area contributed by atoms with E-state index < -0.39 is 0 Å². The Morgan fingerprint density at radius 2 is 1.80 bits per heavy atom. The Hall–Kier alpha value is -1.25. The number of hydrogen-bond donors (Lipinski definition) is 2. The van der Waals surface area contributed by atoms with Gasteiger partial charge in [-0.3, -0.25) is 0 Å². The van der Waals surface area contributed by atoms with Crippen LogP contribution in [0.5, 0.6) is 0 Å². The minimum absolute atomic E-state index is 0.170. The number of pyridine rings is 1.